The molecule has 2 aromatic rings. The number of rotatable bonds is 6. The van der Waals surface area contributed by atoms with E-state index >= 15 is 0 Å². The van der Waals surface area contributed by atoms with Crippen LogP contribution < -0.4 is 5.32 Å². The van der Waals surface area contributed by atoms with Crippen LogP contribution in [0, 0.1) is 5.82 Å². The molecule has 1 N–H and O–H groups in total. The summed E-state index contributed by atoms with van der Waals surface area (Å²) < 4.78 is 18.3. The summed E-state index contributed by atoms with van der Waals surface area (Å²) in [6.07, 6.45) is 1.69. The van der Waals surface area contributed by atoms with Gasteiger partial charge in [0, 0.05) is 32.7 Å². The minimum Gasteiger partial charge on any atom is -0.468 e. The first-order chi connectivity index (χ1) is 12.1. The van der Waals surface area contributed by atoms with Crippen LogP contribution in [0.2, 0.25) is 0 Å². The van der Waals surface area contributed by atoms with Gasteiger partial charge in [-0.25, -0.2) is 4.39 Å². The van der Waals surface area contributed by atoms with Gasteiger partial charge in [-0.15, -0.1) is 0 Å². The van der Waals surface area contributed by atoms with Crippen molar-refractivity contribution >= 4 is 5.91 Å². The molecule has 1 atom stereocenters. The number of carbonyl (C=O) groups is 1. The Hall–Kier alpha value is -2.18. The van der Waals surface area contributed by atoms with Gasteiger partial charge in [0.05, 0.1) is 18.8 Å². The van der Waals surface area contributed by atoms with Crippen molar-refractivity contribution in [3.63, 3.8) is 0 Å². The minimum absolute atomic E-state index is 0.00353. The normalized spacial score (nSPS) is 17.4. The van der Waals surface area contributed by atoms with E-state index in [-0.39, 0.29) is 17.8 Å². The first-order valence-electron chi connectivity index (χ1n) is 8.63. The molecule has 1 fully saturated rings. The molecule has 1 aromatic heterocycles. The number of nitrogens with one attached hydrogen (secondary N) is 1. The third-order valence-electron chi connectivity index (χ3n) is 4.67. The summed E-state index contributed by atoms with van der Waals surface area (Å²) in [5, 5.41) is 2.93. The second kappa shape index (κ2) is 8.27. The highest BCUT2D eigenvalue weighted by molar-refractivity contribution is 5.81. The average molecular weight is 345 g/mol. The van der Waals surface area contributed by atoms with Crippen molar-refractivity contribution in [3.05, 3.63) is 59.8 Å². The number of halogens is 1. The highest BCUT2D eigenvalue weighted by Gasteiger charge is 2.25. The molecule has 1 aliphatic rings. The zero-order chi connectivity index (χ0) is 17.6. The second-order valence-corrected chi connectivity index (χ2v) is 6.41. The van der Waals surface area contributed by atoms with Crippen molar-refractivity contribution in [1.29, 1.82) is 0 Å². The van der Waals surface area contributed by atoms with Gasteiger partial charge in [-0.1, -0.05) is 12.1 Å². The first kappa shape index (κ1) is 17.6. The summed E-state index contributed by atoms with van der Waals surface area (Å²) in [6, 6.07) is 9.90. The Morgan fingerprint density at radius 2 is 1.92 bits per heavy atom. The van der Waals surface area contributed by atoms with Crippen LogP contribution in [-0.2, 0) is 17.9 Å². The predicted molar refractivity (Wildman–Crippen MR) is 93.3 cm³/mol. The van der Waals surface area contributed by atoms with Crippen molar-refractivity contribution in [2.75, 3.05) is 26.2 Å². The Labute approximate surface area is 147 Å². The molecule has 1 aliphatic heterocycles. The Balaban J connectivity index is 1.42. The number of hydrogen-bond acceptors (Lipinski definition) is 4. The van der Waals surface area contributed by atoms with Crippen molar-refractivity contribution in [1.82, 2.24) is 15.1 Å². The highest BCUT2D eigenvalue weighted by atomic mass is 19.1. The van der Waals surface area contributed by atoms with Gasteiger partial charge in [0.2, 0.25) is 5.91 Å². The maximum absolute atomic E-state index is 12.9. The molecule has 6 heteroatoms. The topological polar surface area (TPSA) is 48.7 Å². The molecular formula is C19H24FN3O2. The van der Waals surface area contributed by atoms with Gasteiger partial charge in [-0.2, -0.15) is 0 Å². The van der Waals surface area contributed by atoms with E-state index in [1.165, 1.54) is 12.1 Å². The van der Waals surface area contributed by atoms with E-state index in [1.54, 1.807) is 18.4 Å². The maximum Gasteiger partial charge on any atom is 0.237 e. The number of carbonyl (C=O) groups excluding carboxylic acids is 1. The molecular weight excluding hydrogens is 321 g/mol. The minimum atomic E-state index is -0.268. The number of furan rings is 1. The van der Waals surface area contributed by atoms with Gasteiger partial charge in [0.15, 0.2) is 0 Å². The standard InChI is InChI=1S/C19H24FN3O2/c1-15(19(24)21-13-16-4-6-17(20)7-5-16)23-10-8-22(9-11-23)14-18-3-2-12-25-18/h2-7,12,15H,8-11,13-14H2,1H3,(H,21,24). The molecule has 5 nitrogen and oxygen atoms in total. The zero-order valence-electron chi connectivity index (χ0n) is 14.5. The number of amides is 1. The zero-order valence-corrected chi connectivity index (χ0v) is 14.5. The van der Waals surface area contributed by atoms with Crippen LogP contribution in [0.3, 0.4) is 0 Å². The summed E-state index contributed by atoms with van der Waals surface area (Å²) >= 11 is 0. The molecule has 0 bridgehead atoms. The Bertz CT molecular complexity index is 664. The lowest BCUT2D eigenvalue weighted by Gasteiger charge is -2.37. The lowest BCUT2D eigenvalue weighted by atomic mass is 10.2. The van der Waals surface area contributed by atoms with Gasteiger partial charge in [-0.05, 0) is 36.8 Å². The second-order valence-electron chi connectivity index (χ2n) is 6.41. The summed E-state index contributed by atoms with van der Waals surface area (Å²) in [5.41, 5.74) is 0.894. The van der Waals surface area contributed by atoms with Crippen molar-refractivity contribution in [3.8, 4) is 0 Å². The molecule has 1 aromatic carbocycles. The van der Waals surface area contributed by atoms with Crippen LogP contribution >= 0.6 is 0 Å². The van der Waals surface area contributed by atoms with E-state index in [0.29, 0.717) is 6.54 Å². The van der Waals surface area contributed by atoms with Crippen LogP contribution in [0.25, 0.3) is 0 Å². The average Bonchev–Trinajstić information content (AvgIpc) is 3.14. The molecule has 134 valence electrons. The molecule has 0 aliphatic carbocycles. The summed E-state index contributed by atoms with van der Waals surface area (Å²) in [5.74, 6) is 0.707. The van der Waals surface area contributed by atoms with Crippen molar-refractivity contribution in [2.45, 2.75) is 26.1 Å². The Morgan fingerprint density at radius 1 is 1.20 bits per heavy atom. The largest absolute Gasteiger partial charge is 0.468 e. The van der Waals surface area contributed by atoms with E-state index in [4.69, 9.17) is 4.42 Å². The fraction of sp³-hybridized carbons (Fsp3) is 0.421. The maximum atomic E-state index is 12.9. The lowest BCUT2D eigenvalue weighted by Crippen LogP contribution is -2.53. The fourth-order valence-corrected chi connectivity index (χ4v) is 3.04. The van der Waals surface area contributed by atoms with Crippen molar-refractivity contribution in [2.24, 2.45) is 0 Å². The van der Waals surface area contributed by atoms with Gasteiger partial charge in [-0.3, -0.25) is 14.6 Å². The summed E-state index contributed by atoms with van der Waals surface area (Å²) in [4.78, 5) is 16.9. The molecule has 1 saturated heterocycles. The van der Waals surface area contributed by atoms with Crippen LogP contribution in [0.5, 0.6) is 0 Å². The van der Waals surface area contributed by atoms with E-state index in [2.05, 4.69) is 15.1 Å². The molecule has 2 heterocycles. The van der Waals surface area contributed by atoms with Gasteiger partial charge >= 0.3 is 0 Å². The van der Waals surface area contributed by atoms with Gasteiger partial charge < -0.3 is 9.73 Å². The van der Waals surface area contributed by atoms with Gasteiger partial charge in [0.1, 0.15) is 11.6 Å². The molecule has 1 unspecified atom stereocenters. The first-order valence-corrected chi connectivity index (χ1v) is 8.63. The quantitative estimate of drug-likeness (QED) is 0.872. The van der Waals surface area contributed by atoms with E-state index in [1.807, 2.05) is 19.1 Å². The highest BCUT2D eigenvalue weighted by Crippen LogP contribution is 2.11. The third-order valence-corrected chi connectivity index (χ3v) is 4.67. The van der Waals surface area contributed by atoms with Crippen molar-refractivity contribution < 1.29 is 13.6 Å². The Kier molecular flexibility index (Phi) is 5.83. The molecule has 0 spiro atoms. The smallest absolute Gasteiger partial charge is 0.237 e. The van der Waals surface area contributed by atoms with Crippen LogP contribution in [0.15, 0.2) is 47.1 Å². The molecule has 25 heavy (non-hydrogen) atoms. The number of piperazine rings is 1. The molecule has 0 radical (unpaired) electrons. The van der Waals surface area contributed by atoms with Crippen LogP contribution in [0.4, 0.5) is 4.39 Å². The van der Waals surface area contributed by atoms with Crippen LogP contribution in [-0.4, -0.2) is 47.9 Å². The number of benzene rings is 1. The predicted octanol–water partition coefficient (Wildman–Crippen LogP) is 2.24. The number of nitrogens with zero attached hydrogens (tertiary/aromatic N) is 2. The van der Waals surface area contributed by atoms with Crippen LogP contribution in [0.1, 0.15) is 18.2 Å². The van der Waals surface area contributed by atoms with Gasteiger partial charge in [0.25, 0.3) is 0 Å². The molecule has 3 rings (SSSR count). The number of hydrogen-bond donors (Lipinski definition) is 1. The lowest BCUT2D eigenvalue weighted by molar-refractivity contribution is -0.126. The molecule has 0 saturated carbocycles. The van der Waals surface area contributed by atoms with E-state index < -0.39 is 0 Å². The van der Waals surface area contributed by atoms with E-state index in [9.17, 15) is 9.18 Å². The summed E-state index contributed by atoms with van der Waals surface area (Å²) in [6.45, 7) is 6.69. The molecule has 1 amide bonds. The fourth-order valence-electron chi connectivity index (χ4n) is 3.04. The van der Waals surface area contributed by atoms with E-state index in [0.717, 1.165) is 44.0 Å². The SMILES string of the molecule is CC(C(=O)NCc1ccc(F)cc1)N1CCN(Cc2ccco2)CC1. The third kappa shape index (κ3) is 4.90. The monoisotopic (exact) mass is 345 g/mol. The summed E-state index contributed by atoms with van der Waals surface area (Å²) in [7, 11) is 0. The Morgan fingerprint density at radius 3 is 2.56 bits per heavy atom.